The second-order valence-corrected chi connectivity index (χ2v) is 6.60. The fourth-order valence-electron chi connectivity index (χ4n) is 2.06. The summed E-state index contributed by atoms with van der Waals surface area (Å²) in [7, 11) is -1.02. The summed E-state index contributed by atoms with van der Waals surface area (Å²) in [6.45, 7) is 3.86. The molecule has 2 amide bonds. The van der Waals surface area contributed by atoms with Gasteiger partial charge in [0.2, 0.25) is 0 Å². The van der Waals surface area contributed by atoms with Gasteiger partial charge in [0.15, 0.2) is 0 Å². The number of carbonyl (C=O) groups is 1. The Morgan fingerprint density at radius 2 is 2.05 bits per heavy atom. The van der Waals surface area contributed by atoms with E-state index in [-0.39, 0.29) is 12.1 Å². The number of carbonyl (C=O) groups excluding carboxylic acids is 1. The van der Waals surface area contributed by atoms with Gasteiger partial charge in [-0.15, -0.1) is 0 Å². The van der Waals surface area contributed by atoms with Crippen molar-refractivity contribution in [1.82, 2.24) is 15.5 Å². The monoisotopic (exact) mass is 320 g/mol. The fraction of sp³-hybridized carbons (Fsp3) is 0.333. The molecule has 0 bridgehead atoms. The van der Waals surface area contributed by atoms with Gasteiger partial charge in [-0.05, 0) is 44.2 Å². The molecule has 2 atom stereocenters. The molecule has 0 fully saturated rings. The smallest absolute Gasteiger partial charge is 0.319 e. The van der Waals surface area contributed by atoms with Crippen LogP contribution in [0.1, 0.15) is 18.3 Å². The number of urea groups is 1. The van der Waals surface area contributed by atoms with Crippen molar-refractivity contribution >= 4 is 22.5 Å². The zero-order valence-electron chi connectivity index (χ0n) is 12.8. The van der Waals surface area contributed by atoms with Gasteiger partial charge < -0.3 is 10.6 Å². The average molecular weight is 320 g/mol. The molecule has 0 aliphatic heterocycles. The summed E-state index contributed by atoms with van der Waals surface area (Å²) in [5, 5.41) is 12.6. The number of benzene rings is 1. The van der Waals surface area contributed by atoms with Crippen LogP contribution in [0.4, 0.5) is 10.5 Å². The number of aromatic nitrogens is 2. The first kappa shape index (κ1) is 16.2. The van der Waals surface area contributed by atoms with Crippen LogP contribution in [0.15, 0.2) is 35.2 Å². The van der Waals surface area contributed by atoms with Gasteiger partial charge in [0.25, 0.3) is 0 Å². The molecule has 6 nitrogen and oxygen atoms in total. The second-order valence-electron chi connectivity index (χ2n) is 5.22. The van der Waals surface area contributed by atoms with Gasteiger partial charge in [0.1, 0.15) is 0 Å². The van der Waals surface area contributed by atoms with Gasteiger partial charge in [-0.2, -0.15) is 5.10 Å². The molecule has 0 aliphatic rings. The minimum absolute atomic E-state index is 0.0369. The van der Waals surface area contributed by atoms with E-state index in [1.165, 1.54) is 0 Å². The molecule has 1 aromatic heterocycles. The van der Waals surface area contributed by atoms with Gasteiger partial charge in [-0.3, -0.25) is 9.31 Å². The van der Waals surface area contributed by atoms with Crippen LogP contribution in [-0.2, 0) is 17.2 Å². The van der Waals surface area contributed by atoms with Crippen molar-refractivity contribution in [2.45, 2.75) is 31.2 Å². The van der Waals surface area contributed by atoms with Crippen molar-refractivity contribution in [3.63, 3.8) is 0 Å². The third kappa shape index (κ3) is 4.70. The first-order valence-electron chi connectivity index (χ1n) is 6.96. The fourth-order valence-corrected chi connectivity index (χ4v) is 2.58. The van der Waals surface area contributed by atoms with Crippen molar-refractivity contribution in [3.8, 4) is 0 Å². The number of nitrogens with one attached hydrogen (secondary N) is 3. The van der Waals surface area contributed by atoms with Crippen molar-refractivity contribution in [1.29, 1.82) is 0 Å². The summed E-state index contributed by atoms with van der Waals surface area (Å²) in [4.78, 5) is 12.7. The molecule has 0 saturated heterocycles. The van der Waals surface area contributed by atoms with E-state index in [1.807, 2.05) is 19.9 Å². The standard InChI is InChI=1S/C15H20N4O2S/c1-10(8-13-9-11(2)18-19-13)16-15(20)17-12-4-6-14(7-5-12)22(3)21/h4-7,9-10H,8H2,1-3H3,(H,18,19)(H2,16,17,20)/t10-,22+/m0/s1. The Hall–Kier alpha value is -2.15. The molecule has 2 rings (SSSR count). The number of H-pyrrole nitrogens is 1. The van der Waals surface area contributed by atoms with Crippen LogP contribution < -0.4 is 10.6 Å². The Kier molecular flexibility index (Phi) is 5.32. The predicted molar refractivity (Wildman–Crippen MR) is 87.4 cm³/mol. The predicted octanol–water partition coefficient (Wildman–Crippen LogP) is 2.21. The lowest BCUT2D eigenvalue weighted by Gasteiger charge is -2.13. The van der Waals surface area contributed by atoms with E-state index < -0.39 is 10.8 Å². The quantitative estimate of drug-likeness (QED) is 0.789. The minimum Gasteiger partial charge on any atom is -0.335 e. The van der Waals surface area contributed by atoms with E-state index in [1.54, 1.807) is 30.5 Å². The van der Waals surface area contributed by atoms with E-state index in [0.717, 1.165) is 16.3 Å². The molecular weight excluding hydrogens is 300 g/mol. The Morgan fingerprint density at radius 1 is 1.36 bits per heavy atom. The maximum atomic E-state index is 11.9. The zero-order valence-corrected chi connectivity index (χ0v) is 13.7. The number of hydrogen-bond donors (Lipinski definition) is 3. The average Bonchev–Trinajstić information content (AvgIpc) is 2.84. The molecular formula is C15H20N4O2S. The third-order valence-electron chi connectivity index (χ3n) is 3.10. The molecule has 1 aromatic carbocycles. The van der Waals surface area contributed by atoms with Crippen molar-refractivity contribution < 1.29 is 9.00 Å². The highest BCUT2D eigenvalue weighted by Crippen LogP contribution is 2.11. The SMILES string of the molecule is Cc1cc(C[C@H](C)NC(=O)Nc2ccc([S@@](C)=O)cc2)n[nH]1. The van der Waals surface area contributed by atoms with Gasteiger partial charge in [-0.1, -0.05) is 0 Å². The minimum atomic E-state index is -1.02. The molecule has 0 unspecified atom stereocenters. The van der Waals surface area contributed by atoms with Crippen molar-refractivity contribution in [3.05, 3.63) is 41.7 Å². The molecule has 0 saturated carbocycles. The molecule has 3 N–H and O–H groups in total. The summed E-state index contributed by atoms with van der Waals surface area (Å²) >= 11 is 0. The maximum absolute atomic E-state index is 11.9. The number of hydrogen-bond acceptors (Lipinski definition) is 3. The number of anilines is 1. The lowest BCUT2D eigenvalue weighted by atomic mass is 10.2. The highest BCUT2D eigenvalue weighted by atomic mass is 32.2. The number of aromatic amines is 1. The zero-order chi connectivity index (χ0) is 16.1. The summed E-state index contributed by atoms with van der Waals surface area (Å²) in [6, 6.07) is 8.59. The molecule has 0 radical (unpaired) electrons. The third-order valence-corrected chi connectivity index (χ3v) is 4.03. The molecule has 0 aliphatic carbocycles. The van der Waals surface area contributed by atoms with E-state index in [0.29, 0.717) is 12.1 Å². The van der Waals surface area contributed by atoms with Crippen LogP contribution in [0.3, 0.4) is 0 Å². The van der Waals surface area contributed by atoms with Crippen LogP contribution in [0, 0.1) is 6.92 Å². The normalized spacial score (nSPS) is 13.4. The van der Waals surface area contributed by atoms with Crippen molar-refractivity contribution in [2.75, 3.05) is 11.6 Å². The van der Waals surface area contributed by atoms with E-state index >= 15 is 0 Å². The number of amides is 2. The van der Waals surface area contributed by atoms with Crippen LogP contribution in [0.5, 0.6) is 0 Å². The van der Waals surface area contributed by atoms with Crippen molar-refractivity contribution in [2.24, 2.45) is 0 Å². The molecule has 22 heavy (non-hydrogen) atoms. The molecule has 1 heterocycles. The Labute approximate surface area is 132 Å². The van der Waals surface area contributed by atoms with Gasteiger partial charge in [0.05, 0.1) is 5.69 Å². The van der Waals surface area contributed by atoms with Crippen LogP contribution >= 0.6 is 0 Å². The van der Waals surface area contributed by atoms with Crippen LogP contribution in [0.25, 0.3) is 0 Å². The highest BCUT2D eigenvalue weighted by Gasteiger charge is 2.10. The highest BCUT2D eigenvalue weighted by molar-refractivity contribution is 7.84. The summed E-state index contributed by atoms with van der Waals surface area (Å²) in [5.41, 5.74) is 2.58. The Balaban J connectivity index is 1.85. The summed E-state index contributed by atoms with van der Waals surface area (Å²) in [5.74, 6) is 0. The van der Waals surface area contributed by atoms with Crippen LogP contribution in [-0.4, -0.2) is 32.7 Å². The van der Waals surface area contributed by atoms with E-state index in [4.69, 9.17) is 0 Å². The lowest BCUT2D eigenvalue weighted by molar-refractivity contribution is 0.249. The molecule has 0 spiro atoms. The maximum Gasteiger partial charge on any atom is 0.319 e. The Bertz CT molecular complexity index is 666. The molecule has 7 heteroatoms. The molecule has 2 aromatic rings. The van der Waals surface area contributed by atoms with E-state index in [2.05, 4.69) is 20.8 Å². The first-order valence-corrected chi connectivity index (χ1v) is 8.51. The number of rotatable bonds is 5. The lowest BCUT2D eigenvalue weighted by Crippen LogP contribution is -2.37. The van der Waals surface area contributed by atoms with Crippen LogP contribution in [0.2, 0.25) is 0 Å². The Morgan fingerprint density at radius 3 is 2.59 bits per heavy atom. The second kappa shape index (κ2) is 7.22. The summed E-state index contributed by atoms with van der Waals surface area (Å²) in [6.07, 6.45) is 2.28. The van der Waals surface area contributed by atoms with Gasteiger partial charge in [-0.25, -0.2) is 4.79 Å². The molecule has 118 valence electrons. The van der Waals surface area contributed by atoms with Gasteiger partial charge >= 0.3 is 6.03 Å². The topological polar surface area (TPSA) is 86.9 Å². The first-order chi connectivity index (χ1) is 10.4. The number of aryl methyl sites for hydroxylation is 1. The largest absolute Gasteiger partial charge is 0.335 e. The van der Waals surface area contributed by atoms with E-state index in [9.17, 15) is 9.00 Å². The number of nitrogens with zero attached hydrogens (tertiary/aromatic N) is 1. The summed E-state index contributed by atoms with van der Waals surface area (Å²) < 4.78 is 11.3. The van der Waals surface area contributed by atoms with Gasteiger partial charge in [0, 0.05) is 45.8 Å².